The second kappa shape index (κ2) is 6.76. The highest BCUT2D eigenvalue weighted by molar-refractivity contribution is 9.09. The number of rotatable bonds is 6. The first-order valence-corrected chi connectivity index (χ1v) is 8.77. The maximum atomic E-state index is 6.34. The fraction of sp³-hybridized carbons (Fsp3) is 0.769. The van der Waals surface area contributed by atoms with Crippen molar-refractivity contribution < 1.29 is 0 Å². The normalized spacial score (nSPS) is 12.4. The van der Waals surface area contributed by atoms with Gasteiger partial charge in [0.15, 0.2) is 0 Å². The fourth-order valence-corrected chi connectivity index (χ4v) is 4.45. The molecule has 0 saturated heterocycles. The molecule has 0 spiro atoms. The monoisotopic (exact) mass is 398 g/mol. The molecule has 1 rings (SSSR count). The summed E-state index contributed by atoms with van der Waals surface area (Å²) in [6.07, 6.45) is 2.12. The molecule has 104 valence electrons. The molecule has 0 aliphatic carbocycles. The Balaban J connectivity index is 3.03. The Kier molecular flexibility index (Phi) is 6.20. The Morgan fingerprint density at radius 3 is 2.22 bits per heavy atom. The van der Waals surface area contributed by atoms with Crippen molar-refractivity contribution in [1.82, 2.24) is 9.78 Å². The van der Waals surface area contributed by atoms with Crippen LogP contribution in [0.1, 0.15) is 31.5 Å². The van der Waals surface area contributed by atoms with Crippen LogP contribution in [0.15, 0.2) is 0 Å². The van der Waals surface area contributed by atoms with Crippen LogP contribution in [0.3, 0.4) is 0 Å². The molecule has 0 saturated carbocycles. The second-order valence-corrected chi connectivity index (χ2v) is 7.00. The van der Waals surface area contributed by atoms with E-state index in [4.69, 9.17) is 11.6 Å². The van der Waals surface area contributed by atoms with Gasteiger partial charge >= 0.3 is 0 Å². The third-order valence-corrected chi connectivity index (χ3v) is 6.08. The van der Waals surface area contributed by atoms with E-state index in [0.29, 0.717) is 5.92 Å². The Labute approximate surface area is 132 Å². The highest BCUT2D eigenvalue weighted by atomic mass is 79.9. The topological polar surface area (TPSA) is 17.8 Å². The van der Waals surface area contributed by atoms with Crippen LogP contribution in [0.4, 0.5) is 0 Å². The summed E-state index contributed by atoms with van der Waals surface area (Å²) in [5, 5.41) is 7.10. The number of aryl methyl sites for hydroxylation is 2. The van der Waals surface area contributed by atoms with Crippen molar-refractivity contribution in [2.75, 3.05) is 10.7 Å². The molecular formula is C13H21Br2ClN2. The maximum Gasteiger partial charge on any atom is 0.130 e. The molecule has 2 nitrogen and oxygen atoms in total. The first-order chi connectivity index (χ1) is 8.35. The zero-order valence-corrected chi connectivity index (χ0v) is 15.4. The van der Waals surface area contributed by atoms with Crippen LogP contribution in [-0.2, 0) is 13.5 Å². The van der Waals surface area contributed by atoms with E-state index in [0.717, 1.165) is 34.3 Å². The smallest absolute Gasteiger partial charge is 0.130 e. The average molecular weight is 401 g/mol. The van der Waals surface area contributed by atoms with E-state index in [1.807, 2.05) is 14.0 Å². The van der Waals surface area contributed by atoms with Gasteiger partial charge < -0.3 is 0 Å². The van der Waals surface area contributed by atoms with Gasteiger partial charge in [-0.25, -0.2) is 0 Å². The quantitative estimate of drug-likeness (QED) is 0.630. The lowest BCUT2D eigenvalue weighted by molar-refractivity contribution is 0.304. The minimum Gasteiger partial charge on any atom is -0.257 e. The Hall–Kier alpha value is 0.460. The molecule has 1 aromatic rings. The largest absolute Gasteiger partial charge is 0.257 e. The van der Waals surface area contributed by atoms with E-state index in [1.165, 1.54) is 5.56 Å². The molecule has 0 aliphatic heterocycles. The lowest BCUT2D eigenvalue weighted by atomic mass is 9.79. The number of aromatic nitrogens is 2. The van der Waals surface area contributed by atoms with E-state index in [1.54, 1.807) is 4.68 Å². The highest BCUT2D eigenvalue weighted by Crippen LogP contribution is 2.37. The highest BCUT2D eigenvalue weighted by Gasteiger charge is 2.31. The van der Waals surface area contributed by atoms with Gasteiger partial charge in [0.05, 0.1) is 5.69 Å². The van der Waals surface area contributed by atoms with Crippen LogP contribution >= 0.6 is 43.5 Å². The van der Waals surface area contributed by atoms with Crippen molar-refractivity contribution in [3.05, 3.63) is 16.4 Å². The van der Waals surface area contributed by atoms with Crippen LogP contribution in [0, 0.1) is 18.3 Å². The summed E-state index contributed by atoms with van der Waals surface area (Å²) in [7, 11) is 1.89. The molecule has 0 unspecified atom stereocenters. The molecule has 18 heavy (non-hydrogen) atoms. The summed E-state index contributed by atoms with van der Waals surface area (Å²) < 4.78 is 1.76. The minimum absolute atomic E-state index is 0.200. The van der Waals surface area contributed by atoms with Crippen molar-refractivity contribution in [2.45, 2.75) is 33.6 Å². The number of hydrogen-bond acceptors (Lipinski definition) is 1. The molecular weight excluding hydrogens is 379 g/mol. The van der Waals surface area contributed by atoms with Gasteiger partial charge in [0.25, 0.3) is 0 Å². The van der Waals surface area contributed by atoms with Crippen molar-refractivity contribution in [1.29, 1.82) is 0 Å². The third kappa shape index (κ3) is 3.73. The SMILES string of the molecule is Cc1nn(C)c(Cl)c1CC(CBr)(CBr)CC(C)C. The summed E-state index contributed by atoms with van der Waals surface area (Å²) in [6.45, 7) is 6.55. The predicted molar refractivity (Wildman–Crippen MR) is 86.1 cm³/mol. The van der Waals surface area contributed by atoms with E-state index in [9.17, 15) is 0 Å². The van der Waals surface area contributed by atoms with E-state index >= 15 is 0 Å². The maximum absolute atomic E-state index is 6.34. The van der Waals surface area contributed by atoms with Gasteiger partial charge in [0, 0.05) is 23.3 Å². The minimum atomic E-state index is 0.200. The molecule has 0 radical (unpaired) electrons. The van der Waals surface area contributed by atoms with Gasteiger partial charge in [0.1, 0.15) is 5.15 Å². The van der Waals surface area contributed by atoms with Gasteiger partial charge in [-0.05, 0) is 31.1 Å². The lowest BCUT2D eigenvalue weighted by Crippen LogP contribution is -2.30. The van der Waals surface area contributed by atoms with Crippen LogP contribution in [0.25, 0.3) is 0 Å². The summed E-state index contributed by atoms with van der Waals surface area (Å²) in [5.74, 6) is 0.663. The predicted octanol–water partition coefficient (Wildman–Crippen LogP) is 4.75. The molecule has 1 aromatic heterocycles. The zero-order chi connectivity index (χ0) is 13.9. The number of hydrogen-bond donors (Lipinski definition) is 0. The van der Waals surface area contributed by atoms with Gasteiger partial charge in [-0.15, -0.1) is 0 Å². The van der Waals surface area contributed by atoms with Crippen LogP contribution in [0.2, 0.25) is 5.15 Å². The number of nitrogens with zero attached hydrogens (tertiary/aromatic N) is 2. The van der Waals surface area contributed by atoms with Gasteiger partial charge in [-0.2, -0.15) is 5.10 Å². The zero-order valence-electron chi connectivity index (χ0n) is 11.4. The van der Waals surface area contributed by atoms with Crippen molar-refractivity contribution >= 4 is 43.5 Å². The number of alkyl halides is 2. The van der Waals surface area contributed by atoms with Crippen molar-refractivity contribution in [2.24, 2.45) is 18.4 Å². The Morgan fingerprint density at radius 2 is 1.89 bits per heavy atom. The summed E-state index contributed by atoms with van der Waals surface area (Å²) >= 11 is 13.7. The summed E-state index contributed by atoms with van der Waals surface area (Å²) in [5.41, 5.74) is 2.42. The standard InChI is InChI=1S/C13H21Br2ClN2/c1-9(2)5-13(7-14,8-15)6-11-10(3)17-18(4)12(11)16/h9H,5-8H2,1-4H3. The molecule has 0 aromatic carbocycles. The first kappa shape index (κ1) is 16.5. The van der Waals surface area contributed by atoms with Crippen LogP contribution in [0.5, 0.6) is 0 Å². The Bertz CT molecular complexity index is 398. The third-order valence-electron chi connectivity index (χ3n) is 3.23. The van der Waals surface area contributed by atoms with Gasteiger partial charge in [0.2, 0.25) is 0 Å². The molecule has 0 bridgehead atoms. The average Bonchev–Trinajstić information content (AvgIpc) is 2.54. The van der Waals surface area contributed by atoms with Crippen molar-refractivity contribution in [3.63, 3.8) is 0 Å². The molecule has 0 amide bonds. The first-order valence-electron chi connectivity index (χ1n) is 6.15. The van der Waals surface area contributed by atoms with E-state index in [2.05, 4.69) is 50.8 Å². The second-order valence-electron chi connectivity index (χ2n) is 5.52. The van der Waals surface area contributed by atoms with Crippen LogP contribution < -0.4 is 0 Å². The van der Waals surface area contributed by atoms with E-state index in [-0.39, 0.29) is 5.41 Å². The molecule has 0 atom stereocenters. The van der Waals surface area contributed by atoms with E-state index < -0.39 is 0 Å². The number of halogens is 3. The molecule has 0 fully saturated rings. The van der Waals surface area contributed by atoms with Crippen LogP contribution in [-0.4, -0.2) is 20.4 Å². The molecule has 0 aliphatic rings. The van der Waals surface area contributed by atoms with Crippen molar-refractivity contribution in [3.8, 4) is 0 Å². The van der Waals surface area contributed by atoms with Gasteiger partial charge in [-0.1, -0.05) is 57.3 Å². The van der Waals surface area contributed by atoms with Gasteiger partial charge in [-0.3, -0.25) is 4.68 Å². The fourth-order valence-electron chi connectivity index (χ4n) is 2.43. The lowest BCUT2D eigenvalue weighted by Gasteiger charge is -2.32. The molecule has 0 N–H and O–H groups in total. The molecule has 5 heteroatoms. The summed E-state index contributed by atoms with van der Waals surface area (Å²) in [4.78, 5) is 0. The molecule has 1 heterocycles. The Morgan fingerprint density at radius 1 is 1.33 bits per heavy atom. The summed E-state index contributed by atoms with van der Waals surface area (Å²) in [6, 6.07) is 0.